The number of nitrogens with one attached hydrogen (secondary N) is 1. The van der Waals surface area contributed by atoms with Crippen LogP contribution < -0.4 is 11.1 Å². The molecule has 2 nitrogen and oxygen atoms in total. The average molecular weight is 218 g/mol. The van der Waals surface area contributed by atoms with E-state index in [0.29, 0.717) is 18.5 Å². The van der Waals surface area contributed by atoms with Gasteiger partial charge in [-0.2, -0.15) is 0 Å². The molecule has 2 atom stereocenters. The highest BCUT2D eigenvalue weighted by atomic mass is 14.9. The van der Waals surface area contributed by atoms with Gasteiger partial charge < -0.3 is 11.1 Å². The third kappa shape index (κ3) is 3.06. The third-order valence-electron chi connectivity index (χ3n) is 3.55. The second-order valence-corrected chi connectivity index (χ2v) is 4.89. The van der Waals surface area contributed by atoms with Crippen LogP contribution in [0.3, 0.4) is 0 Å². The molecule has 0 aromatic heterocycles. The van der Waals surface area contributed by atoms with E-state index in [-0.39, 0.29) is 0 Å². The van der Waals surface area contributed by atoms with Crippen LogP contribution in [0.15, 0.2) is 30.3 Å². The van der Waals surface area contributed by atoms with Crippen molar-refractivity contribution in [2.75, 3.05) is 13.1 Å². The molecule has 2 unspecified atom stereocenters. The lowest BCUT2D eigenvalue weighted by molar-refractivity contribution is 0.447. The summed E-state index contributed by atoms with van der Waals surface area (Å²) in [5.74, 6) is 1.40. The Morgan fingerprint density at radius 1 is 1.31 bits per heavy atom. The summed E-state index contributed by atoms with van der Waals surface area (Å²) in [7, 11) is 0. The lowest BCUT2D eigenvalue weighted by atomic mass is 9.93. The summed E-state index contributed by atoms with van der Waals surface area (Å²) in [4.78, 5) is 0. The van der Waals surface area contributed by atoms with Gasteiger partial charge in [0, 0.05) is 12.6 Å². The molecule has 1 fully saturated rings. The van der Waals surface area contributed by atoms with Crippen LogP contribution in [0.25, 0.3) is 0 Å². The van der Waals surface area contributed by atoms with Crippen LogP contribution in [0.5, 0.6) is 0 Å². The second-order valence-electron chi connectivity index (χ2n) is 4.89. The third-order valence-corrected chi connectivity index (χ3v) is 3.55. The minimum atomic E-state index is 0.406. The van der Waals surface area contributed by atoms with Crippen molar-refractivity contribution in [1.29, 1.82) is 0 Å². The van der Waals surface area contributed by atoms with E-state index in [9.17, 15) is 0 Å². The van der Waals surface area contributed by atoms with Crippen molar-refractivity contribution in [2.24, 2.45) is 11.7 Å². The molecule has 3 N–H and O–H groups in total. The molecule has 0 bridgehead atoms. The summed E-state index contributed by atoms with van der Waals surface area (Å²) in [6.45, 7) is 4.11. The molecule has 16 heavy (non-hydrogen) atoms. The molecule has 0 spiro atoms. The molecule has 1 saturated carbocycles. The second kappa shape index (κ2) is 5.46. The van der Waals surface area contributed by atoms with Gasteiger partial charge in [0.1, 0.15) is 0 Å². The van der Waals surface area contributed by atoms with E-state index in [1.165, 1.54) is 18.4 Å². The monoisotopic (exact) mass is 218 g/mol. The van der Waals surface area contributed by atoms with Crippen molar-refractivity contribution in [3.05, 3.63) is 35.9 Å². The van der Waals surface area contributed by atoms with Gasteiger partial charge in [-0.15, -0.1) is 0 Å². The smallest absolute Gasteiger partial charge is 0.0256 e. The lowest BCUT2D eigenvalue weighted by Crippen LogP contribution is -2.41. The molecule has 1 aromatic carbocycles. The Hall–Kier alpha value is -0.860. The van der Waals surface area contributed by atoms with Gasteiger partial charge in [0.15, 0.2) is 0 Å². The van der Waals surface area contributed by atoms with Gasteiger partial charge in [0.05, 0.1) is 0 Å². The topological polar surface area (TPSA) is 38.0 Å². The van der Waals surface area contributed by atoms with Crippen molar-refractivity contribution in [1.82, 2.24) is 5.32 Å². The zero-order valence-electron chi connectivity index (χ0n) is 10.0. The van der Waals surface area contributed by atoms with Crippen molar-refractivity contribution < 1.29 is 0 Å². The van der Waals surface area contributed by atoms with Gasteiger partial charge >= 0.3 is 0 Å². The minimum absolute atomic E-state index is 0.406. The zero-order valence-corrected chi connectivity index (χ0v) is 10.0. The van der Waals surface area contributed by atoms with Crippen LogP contribution >= 0.6 is 0 Å². The van der Waals surface area contributed by atoms with Gasteiger partial charge in [-0.05, 0) is 36.8 Å². The first-order chi connectivity index (χ1) is 7.81. The highest BCUT2D eigenvalue weighted by Crippen LogP contribution is 2.28. The predicted molar refractivity (Wildman–Crippen MR) is 68.4 cm³/mol. The van der Waals surface area contributed by atoms with Gasteiger partial charge in [-0.3, -0.25) is 0 Å². The number of rotatable bonds is 6. The fourth-order valence-corrected chi connectivity index (χ4v) is 2.09. The molecule has 1 aliphatic rings. The summed E-state index contributed by atoms with van der Waals surface area (Å²) >= 11 is 0. The maximum absolute atomic E-state index is 5.86. The largest absolute Gasteiger partial charge is 0.329 e. The molecular weight excluding hydrogens is 196 g/mol. The van der Waals surface area contributed by atoms with Crippen LogP contribution in [0.1, 0.15) is 31.2 Å². The summed E-state index contributed by atoms with van der Waals surface area (Å²) in [5.41, 5.74) is 7.23. The Morgan fingerprint density at radius 3 is 2.56 bits per heavy atom. The van der Waals surface area contributed by atoms with Gasteiger partial charge in [0.25, 0.3) is 0 Å². The van der Waals surface area contributed by atoms with Crippen molar-refractivity contribution in [3.8, 4) is 0 Å². The highest BCUT2D eigenvalue weighted by molar-refractivity contribution is 5.20. The Bertz CT molecular complexity index is 306. The molecule has 2 heteroatoms. The van der Waals surface area contributed by atoms with E-state index >= 15 is 0 Å². The fourth-order valence-electron chi connectivity index (χ4n) is 2.09. The molecule has 1 aromatic rings. The van der Waals surface area contributed by atoms with E-state index in [1.54, 1.807) is 0 Å². The summed E-state index contributed by atoms with van der Waals surface area (Å²) in [6, 6.07) is 11.0. The summed E-state index contributed by atoms with van der Waals surface area (Å²) < 4.78 is 0. The van der Waals surface area contributed by atoms with Crippen LogP contribution in [0.4, 0.5) is 0 Å². The van der Waals surface area contributed by atoms with E-state index in [4.69, 9.17) is 5.73 Å². The van der Waals surface area contributed by atoms with Gasteiger partial charge in [-0.25, -0.2) is 0 Å². The molecule has 0 heterocycles. The van der Waals surface area contributed by atoms with Crippen LogP contribution in [-0.4, -0.2) is 19.1 Å². The normalized spacial score (nSPS) is 19.4. The Kier molecular flexibility index (Phi) is 3.97. The zero-order chi connectivity index (χ0) is 11.4. The standard InChI is InChI=1S/C14H22N2/c1-11(13-5-3-2-4-6-13)14(9-15)16-10-12-7-8-12/h2-6,11-12,14,16H,7-10,15H2,1H3. The van der Waals surface area contributed by atoms with Gasteiger partial charge in [0.2, 0.25) is 0 Å². The molecule has 2 rings (SSSR count). The van der Waals surface area contributed by atoms with Crippen molar-refractivity contribution in [2.45, 2.75) is 31.7 Å². The van der Waals surface area contributed by atoms with Crippen LogP contribution in [-0.2, 0) is 0 Å². The van der Waals surface area contributed by atoms with Gasteiger partial charge in [-0.1, -0.05) is 37.3 Å². The molecule has 0 radical (unpaired) electrons. The first-order valence-corrected chi connectivity index (χ1v) is 6.29. The predicted octanol–water partition coefficient (Wildman–Crippen LogP) is 2.12. The highest BCUT2D eigenvalue weighted by Gasteiger charge is 2.24. The SMILES string of the molecule is CC(c1ccccc1)C(CN)NCC1CC1. The number of hydrogen-bond acceptors (Lipinski definition) is 2. The van der Waals surface area contributed by atoms with E-state index < -0.39 is 0 Å². The minimum Gasteiger partial charge on any atom is -0.329 e. The van der Waals surface area contributed by atoms with E-state index in [1.807, 2.05) is 0 Å². The lowest BCUT2D eigenvalue weighted by Gasteiger charge is -2.24. The Balaban J connectivity index is 1.91. The van der Waals surface area contributed by atoms with Crippen LogP contribution in [0, 0.1) is 5.92 Å². The maximum Gasteiger partial charge on any atom is 0.0256 e. The molecule has 1 aliphatic carbocycles. The summed E-state index contributed by atoms with van der Waals surface area (Å²) in [6.07, 6.45) is 2.79. The number of hydrogen-bond donors (Lipinski definition) is 2. The maximum atomic E-state index is 5.86. The molecular formula is C14H22N2. The number of benzene rings is 1. The molecule has 88 valence electrons. The molecule has 0 aliphatic heterocycles. The fraction of sp³-hybridized carbons (Fsp3) is 0.571. The summed E-state index contributed by atoms with van der Waals surface area (Å²) in [5, 5.41) is 3.60. The quantitative estimate of drug-likeness (QED) is 0.767. The Morgan fingerprint density at radius 2 is 2.00 bits per heavy atom. The number of nitrogens with two attached hydrogens (primary N) is 1. The molecule has 0 amide bonds. The molecule has 0 saturated heterocycles. The first kappa shape index (κ1) is 11.6. The Labute approximate surface area is 98.2 Å². The van der Waals surface area contributed by atoms with E-state index in [0.717, 1.165) is 12.5 Å². The van der Waals surface area contributed by atoms with Crippen molar-refractivity contribution >= 4 is 0 Å². The van der Waals surface area contributed by atoms with Crippen LogP contribution in [0.2, 0.25) is 0 Å². The average Bonchev–Trinajstić information content (AvgIpc) is 3.15. The van der Waals surface area contributed by atoms with E-state index in [2.05, 4.69) is 42.6 Å². The van der Waals surface area contributed by atoms with Crippen molar-refractivity contribution in [3.63, 3.8) is 0 Å². The first-order valence-electron chi connectivity index (χ1n) is 6.29.